The maximum absolute atomic E-state index is 11.9. The van der Waals surface area contributed by atoms with Crippen LogP contribution >= 0.6 is 0 Å². The van der Waals surface area contributed by atoms with Crippen LogP contribution in [0.15, 0.2) is 42.8 Å². The van der Waals surface area contributed by atoms with Gasteiger partial charge in [-0.1, -0.05) is 30.3 Å². The summed E-state index contributed by atoms with van der Waals surface area (Å²) in [5, 5.41) is 4.40. The fraction of sp³-hybridized carbons (Fsp3) is 0.250. The van der Waals surface area contributed by atoms with Gasteiger partial charge in [0.1, 0.15) is 11.3 Å². The number of ether oxygens (including phenoxy) is 2. The van der Waals surface area contributed by atoms with Gasteiger partial charge in [-0.15, -0.1) is 0 Å². The van der Waals surface area contributed by atoms with Gasteiger partial charge in [0.05, 0.1) is 26.5 Å². The van der Waals surface area contributed by atoms with Crippen LogP contribution in [-0.2, 0) is 16.0 Å². The highest BCUT2D eigenvalue weighted by molar-refractivity contribution is 5.92. The van der Waals surface area contributed by atoms with Gasteiger partial charge in [-0.25, -0.2) is 4.79 Å². The highest BCUT2D eigenvalue weighted by Gasteiger charge is 2.16. The van der Waals surface area contributed by atoms with E-state index < -0.39 is 0 Å². The Morgan fingerprint density at radius 3 is 2.76 bits per heavy atom. The molecule has 0 saturated heterocycles. The third-order valence-electron chi connectivity index (χ3n) is 2.83. The molecule has 0 spiro atoms. The second kappa shape index (κ2) is 7.28. The Labute approximate surface area is 123 Å². The van der Waals surface area contributed by atoms with E-state index in [2.05, 4.69) is 5.10 Å². The first-order valence-electron chi connectivity index (χ1n) is 6.72. The molecule has 0 saturated carbocycles. The standard InChI is InChI=1S/C16H18N2O3/c1-3-21-16(19)14-12-18(17-15(14)9-10-20-2)11-13-7-5-4-6-8-13/h4-10,12H,3,11H2,1-2H3. The number of carbonyl (C=O) groups is 1. The largest absolute Gasteiger partial charge is 0.504 e. The lowest BCUT2D eigenvalue weighted by molar-refractivity contribution is 0.0526. The lowest BCUT2D eigenvalue weighted by Gasteiger charge is -2.00. The zero-order valence-electron chi connectivity index (χ0n) is 12.2. The highest BCUT2D eigenvalue weighted by Crippen LogP contribution is 2.13. The number of aromatic nitrogens is 2. The monoisotopic (exact) mass is 286 g/mol. The van der Waals surface area contributed by atoms with E-state index in [1.807, 2.05) is 30.3 Å². The Balaban J connectivity index is 2.27. The number of esters is 1. The van der Waals surface area contributed by atoms with E-state index in [1.165, 1.54) is 6.26 Å². The van der Waals surface area contributed by atoms with Crippen LogP contribution in [0, 0.1) is 0 Å². The maximum Gasteiger partial charge on any atom is 0.341 e. The molecule has 0 aliphatic heterocycles. The topological polar surface area (TPSA) is 53.4 Å². The Kier molecular flexibility index (Phi) is 5.15. The van der Waals surface area contributed by atoms with Gasteiger partial charge in [-0.05, 0) is 12.5 Å². The smallest absolute Gasteiger partial charge is 0.341 e. The van der Waals surface area contributed by atoms with E-state index >= 15 is 0 Å². The van der Waals surface area contributed by atoms with Crippen molar-refractivity contribution in [1.29, 1.82) is 0 Å². The average Bonchev–Trinajstić information content (AvgIpc) is 2.89. The number of methoxy groups -OCH3 is 1. The van der Waals surface area contributed by atoms with Gasteiger partial charge in [0.2, 0.25) is 0 Å². The van der Waals surface area contributed by atoms with Crippen LogP contribution in [0.3, 0.4) is 0 Å². The molecule has 110 valence electrons. The second-order valence-corrected chi connectivity index (χ2v) is 4.37. The highest BCUT2D eigenvalue weighted by atomic mass is 16.5. The van der Waals surface area contributed by atoms with Gasteiger partial charge < -0.3 is 9.47 Å². The minimum absolute atomic E-state index is 0.329. The SMILES string of the molecule is CCOC(=O)c1cn(Cc2ccccc2)nc1C=COC. The number of carbonyl (C=O) groups excluding carboxylic acids is 1. The first-order chi connectivity index (χ1) is 10.2. The molecule has 21 heavy (non-hydrogen) atoms. The summed E-state index contributed by atoms with van der Waals surface area (Å²) in [6, 6.07) is 9.92. The van der Waals surface area contributed by atoms with Gasteiger partial charge in [0, 0.05) is 12.3 Å². The minimum Gasteiger partial charge on any atom is -0.504 e. The maximum atomic E-state index is 11.9. The summed E-state index contributed by atoms with van der Waals surface area (Å²) in [7, 11) is 1.54. The summed E-state index contributed by atoms with van der Waals surface area (Å²) in [5.41, 5.74) is 2.07. The molecular weight excluding hydrogens is 268 g/mol. The van der Waals surface area contributed by atoms with E-state index in [-0.39, 0.29) is 5.97 Å². The molecule has 1 heterocycles. The van der Waals surface area contributed by atoms with Gasteiger partial charge in [-0.2, -0.15) is 5.10 Å². The van der Waals surface area contributed by atoms with Crippen molar-refractivity contribution in [1.82, 2.24) is 9.78 Å². The van der Waals surface area contributed by atoms with Crippen molar-refractivity contribution >= 4 is 12.0 Å². The fourth-order valence-electron chi connectivity index (χ4n) is 1.91. The average molecular weight is 286 g/mol. The lowest BCUT2D eigenvalue weighted by atomic mass is 10.2. The fourth-order valence-corrected chi connectivity index (χ4v) is 1.91. The van der Waals surface area contributed by atoms with Crippen molar-refractivity contribution in [3.05, 3.63) is 59.6 Å². The molecule has 5 nitrogen and oxygen atoms in total. The predicted molar refractivity (Wildman–Crippen MR) is 79.8 cm³/mol. The summed E-state index contributed by atoms with van der Waals surface area (Å²) < 4.78 is 11.7. The van der Waals surface area contributed by atoms with E-state index in [0.29, 0.717) is 24.4 Å². The third-order valence-corrected chi connectivity index (χ3v) is 2.83. The Morgan fingerprint density at radius 2 is 2.10 bits per heavy atom. The molecule has 0 N–H and O–H groups in total. The molecule has 2 aromatic rings. The lowest BCUT2D eigenvalue weighted by Crippen LogP contribution is -2.05. The quantitative estimate of drug-likeness (QED) is 0.605. The summed E-state index contributed by atoms with van der Waals surface area (Å²) in [5.74, 6) is -0.382. The van der Waals surface area contributed by atoms with Crippen molar-refractivity contribution in [2.45, 2.75) is 13.5 Å². The van der Waals surface area contributed by atoms with Gasteiger partial charge in [0.25, 0.3) is 0 Å². The van der Waals surface area contributed by atoms with Gasteiger partial charge in [0.15, 0.2) is 0 Å². The Morgan fingerprint density at radius 1 is 1.33 bits per heavy atom. The van der Waals surface area contributed by atoms with Crippen molar-refractivity contribution in [2.75, 3.05) is 13.7 Å². The van der Waals surface area contributed by atoms with Crippen molar-refractivity contribution in [2.24, 2.45) is 0 Å². The first-order valence-corrected chi connectivity index (χ1v) is 6.72. The second-order valence-electron chi connectivity index (χ2n) is 4.37. The molecule has 0 bridgehead atoms. The number of hydrogen-bond donors (Lipinski definition) is 0. The molecule has 0 aliphatic rings. The van der Waals surface area contributed by atoms with E-state index in [1.54, 1.807) is 31.0 Å². The molecule has 0 aliphatic carbocycles. The van der Waals surface area contributed by atoms with Crippen LogP contribution in [0.2, 0.25) is 0 Å². The van der Waals surface area contributed by atoms with Crippen LogP contribution in [-0.4, -0.2) is 29.5 Å². The van der Waals surface area contributed by atoms with Crippen LogP contribution in [0.25, 0.3) is 6.08 Å². The van der Waals surface area contributed by atoms with Crippen molar-refractivity contribution in [3.63, 3.8) is 0 Å². The van der Waals surface area contributed by atoms with Crippen LogP contribution in [0.4, 0.5) is 0 Å². The number of hydrogen-bond acceptors (Lipinski definition) is 4. The van der Waals surface area contributed by atoms with E-state index in [4.69, 9.17) is 9.47 Å². The minimum atomic E-state index is -0.382. The van der Waals surface area contributed by atoms with Crippen LogP contribution in [0.1, 0.15) is 28.5 Å². The molecule has 0 amide bonds. The molecule has 0 unspecified atom stereocenters. The van der Waals surface area contributed by atoms with E-state index in [9.17, 15) is 4.79 Å². The normalized spacial score (nSPS) is 10.8. The third kappa shape index (κ3) is 3.95. The summed E-state index contributed by atoms with van der Waals surface area (Å²) in [4.78, 5) is 11.9. The molecule has 0 atom stereocenters. The van der Waals surface area contributed by atoms with Crippen LogP contribution in [0.5, 0.6) is 0 Å². The Hall–Kier alpha value is -2.56. The van der Waals surface area contributed by atoms with Gasteiger partial charge >= 0.3 is 5.97 Å². The summed E-state index contributed by atoms with van der Waals surface area (Å²) in [6.45, 7) is 2.70. The summed E-state index contributed by atoms with van der Waals surface area (Å²) >= 11 is 0. The number of nitrogens with zero attached hydrogens (tertiary/aromatic N) is 2. The van der Waals surface area contributed by atoms with Gasteiger partial charge in [-0.3, -0.25) is 4.68 Å². The van der Waals surface area contributed by atoms with Crippen molar-refractivity contribution in [3.8, 4) is 0 Å². The predicted octanol–water partition coefficient (Wildman–Crippen LogP) is 2.73. The summed E-state index contributed by atoms with van der Waals surface area (Å²) in [6.07, 6.45) is 4.83. The first kappa shape index (κ1) is 14.8. The molecule has 2 rings (SSSR count). The molecule has 0 radical (unpaired) electrons. The van der Waals surface area contributed by atoms with Crippen LogP contribution < -0.4 is 0 Å². The zero-order valence-corrected chi connectivity index (χ0v) is 12.2. The molecule has 1 aromatic heterocycles. The molecule has 1 aromatic carbocycles. The van der Waals surface area contributed by atoms with E-state index in [0.717, 1.165) is 5.56 Å². The van der Waals surface area contributed by atoms with Crippen molar-refractivity contribution < 1.29 is 14.3 Å². The molecule has 0 fully saturated rings. The zero-order chi connectivity index (χ0) is 15.1. The number of rotatable bonds is 6. The molecular formula is C16H18N2O3. The molecule has 5 heteroatoms. The Bertz CT molecular complexity index is 618. The number of benzene rings is 1.